The number of benzene rings is 1. The van der Waals surface area contributed by atoms with Gasteiger partial charge in [-0.1, -0.05) is 12.1 Å². The quantitative estimate of drug-likeness (QED) is 0.871. The maximum Gasteiger partial charge on any atom is 0.322 e. The molecule has 0 atom stereocenters. The Bertz CT molecular complexity index is 543. The summed E-state index contributed by atoms with van der Waals surface area (Å²) in [6.07, 6.45) is 2.43. The van der Waals surface area contributed by atoms with Gasteiger partial charge in [-0.2, -0.15) is 0 Å². The molecule has 0 fully saturated rings. The molecule has 1 amide bonds. The Morgan fingerprint density at radius 1 is 1.24 bits per heavy atom. The van der Waals surface area contributed by atoms with E-state index in [1.165, 1.54) is 24.5 Å². The summed E-state index contributed by atoms with van der Waals surface area (Å²) in [6.45, 7) is 0. The van der Waals surface area contributed by atoms with E-state index in [1.54, 1.807) is 12.1 Å². The minimum absolute atomic E-state index is 0.0133. The number of carbonyl (C=O) groups excluding carboxylic acids is 1. The molecule has 86 valence electrons. The number of hydrogen-bond donors (Lipinski definition) is 1. The summed E-state index contributed by atoms with van der Waals surface area (Å²) in [4.78, 5) is 18.2. The van der Waals surface area contributed by atoms with Crippen LogP contribution in [0.15, 0.2) is 36.7 Å². The number of amides is 1. The zero-order valence-corrected chi connectivity index (χ0v) is 8.63. The molecule has 1 aromatic carbocycles. The summed E-state index contributed by atoms with van der Waals surface area (Å²) in [5, 5.41) is 0. The molecule has 2 N–H and O–H groups in total. The lowest BCUT2D eigenvalue weighted by molar-refractivity contribution is 0.0999. The molecule has 0 bridgehead atoms. The van der Waals surface area contributed by atoms with E-state index in [9.17, 15) is 9.18 Å². The average molecular weight is 233 g/mol. The third-order valence-electron chi connectivity index (χ3n) is 1.95. The van der Waals surface area contributed by atoms with Crippen molar-refractivity contribution in [1.29, 1.82) is 0 Å². The molecule has 2 rings (SSSR count). The summed E-state index contributed by atoms with van der Waals surface area (Å²) < 4.78 is 18.3. The van der Waals surface area contributed by atoms with Gasteiger partial charge >= 0.3 is 6.01 Å². The van der Waals surface area contributed by atoms with Crippen LogP contribution in [-0.4, -0.2) is 15.9 Å². The first-order chi connectivity index (χ1) is 8.16. The van der Waals surface area contributed by atoms with Crippen LogP contribution in [0.2, 0.25) is 0 Å². The number of halogens is 1. The first kappa shape index (κ1) is 11.0. The fourth-order valence-electron chi connectivity index (χ4n) is 1.12. The average Bonchev–Trinajstić information content (AvgIpc) is 2.33. The van der Waals surface area contributed by atoms with Crippen molar-refractivity contribution in [1.82, 2.24) is 9.97 Å². The number of para-hydroxylation sites is 1. The van der Waals surface area contributed by atoms with Gasteiger partial charge in [0.25, 0.3) is 5.91 Å². The number of nitrogens with two attached hydrogens (primary N) is 1. The summed E-state index contributed by atoms with van der Waals surface area (Å²) in [7, 11) is 0. The maximum absolute atomic E-state index is 13.2. The van der Waals surface area contributed by atoms with Crippen molar-refractivity contribution in [2.24, 2.45) is 5.73 Å². The van der Waals surface area contributed by atoms with Crippen molar-refractivity contribution in [2.45, 2.75) is 0 Å². The SMILES string of the molecule is NC(=O)c1cnc(Oc2ccccc2F)nc1. The molecule has 6 heteroatoms. The largest absolute Gasteiger partial charge is 0.421 e. The predicted molar refractivity (Wildman–Crippen MR) is 57.0 cm³/mol. The number of hydrogen-bond acceptors (Lipinski definition) is 4. The normalized spacial score (nSPS) is 9.94. The smallest absolute Gasteiger partial charge is 0.322 e. The summed E-state index contributed by atoms with van der Waals surface area (Å²) in [5.74, 6) is -1.14. The molecule has 0 radical (unpaired) electrons. The van der Waals surface area contributed by atoms with E-state index in [0.717, 1.165) is 0 Å². The van der Waals surface area contributed by atoms with E-state index in [-0.39, 0.29) is 17.3 Å². The highest BCUT2D eigenvalue weighted by Crippen LogP contribution is 2.20. The topological polar surface area (TPSA) is 78.1 Å². The van der Waals surface area contributed by atoms with Gasteiger partial charge in [0.05, 0.1) is 5.56 Å². The molecule has 1 heterocycles. The molecular weight excluding hydrogens is 225 g/mol. The Morgan fingerprint density at radius 3 is 2.47 bits per heavy atom. The second kappa shape index (κ2) is 4.56. The number of rotatable bonds is 3. The van der Waals surface area contributed by atoms with E-state index in [1.807, 2.05) is 0 Å². The molecule has 0 aliphatic carbocycles. The van der Waals surface area contributed by atoms with Crippen LogP contribution in [0.3, 0.4) is 0 Å². The van der Waals surface area contributed by atoms with Crippen LogP contribution in [0.25, 0.3) is 0 Å². The monoisotopic (exact) mass is 233 g/mol. The standard InChI is InChI=1S/C11H8FN3O2/c12-8-3-1-2-4-9(8)17-11-14-5-7(6-15-11)10(13)16/h1-6H,(H2,13,16). The van der Waals surface area contributed by atoms with E-state index < -0.39 is 11.7 Å². The summed E-state index contributed by atoms with van der Waals surface area (Å²) >= 11 is 0. The van der Waals surface area contributed by atoms with Gasteiger partial charge in [0, 0.05) is 12.4 Å². The Balaban J connectivity index is 2.20. The van der Waals surface area contributed by atoms with Crippen LogP contribution in [0, 0.1) is 5.82 Å². The van der Waals surface area contributed by atoms with Crippen molar-refractivity contribution in [3.05, 3.63) is 48.0 Å². The van der Waals surface area contributed by atoms with Gasteiger partial charge in [-0.15, -0.1) is 0 Å². The first-order valence-electron chi connectivity index (χ1n) is 4.71. The Labute approximate surface area is 96.1 Å². The second-order valence-electron chi connectivity index (χ2n) is 3.15. The van der Waals surface area contributed by atoms with Crippen LogP contribution in [0.4, 0.5) is 4.39 Å². The Hall–Kier alpha value is -2.50. The van der Waals surface area contributed by atoms with E-state index >= 15 is 0 Å². The third kappa shape index (κ3) is 2.54. The fourth-order valence-corrected chi connectivity index (χ4v) is 1.12. The van der Waals surface area contributed by atoms with Crippen molar-refractivity contribution in [2.75, 3.05) is 0 Å². The fraction of sp³-hybridized carbons (Fsp3) is 0. The summed E-state index contributed by atoms with van der Waals surface area (Å²) in [5.41, 5.74) is 5.18. The van der Waals surface area contributed by atoms with E-state index in [0.29, 0.717) is 0 Å². The van der Waals surface area contributed by atoms with Gasteiger partial charge in [-0.3, -0.25) is 4.79 Å². The highest BCUT2D eigenvalue weighted by molar-refractivity contribution is 5.92. The van der Waals surface area contributed by atoms with Crippen LogP contribution >= 0.6 is 0 Å². The molecule has 1 aromatic heterocycles. The zero-order chi connectivity index (χ0) is 12.3. The van der Waals surface area contributed by atoms with Crippen LogP contribution < -0.4 is 10.5 Å². The number of nitrogens with zero attached hydrogens (tertiary/aromatic N) is 2. The number of primary amides is 1. The third-order valence-corrected chi connectivity index (χ3v) is 1.95. The lowest BCUT2D eigenvalue weighted by Crippen LogP contribution is -2.11. The molecule has 0 unspecified atom stereocenters. The lowest BCUT2D eigenvalue weighted by atomic mass is 10.3. The van der Waals surface area contributed by atoms with Crippen molar-refractivity contribution >= 4 is 5.91 Å². The number of aromatic nitrogens is 2. The second-order valence-corrected chi connectivity index (χ2v) is 3.15. The molecule has 0 aliphatic rings. The van der Waals surface area contributed by atoms with Crippen molar-refractivity contribution in [3.63, 3.8) is 0 Å². The van der Waals surface area contributed by atoms with Gasteiger partial charge in [-0.05, 0) is 12.1 Å². The summed E-state index contributed by atoms with van der Waals surface area (Å²) in [6, 6.07) is 5.81. The molecule has 0 saturated heterocycles. The minimum Gasteiger partial charge on any atom is -0.421 e. The molecular formula is C11H8FN3O2. The molecule has 2 aromatic rings. The van der Waals surface area contributed by atoms with Crippen molar-refractivity contribution in [3.8, 4) is 11.8 Å². The van der Waals surface area contributed by atoms with Crippen LogP contribution in [-0.2, 0) is 0 Å². The first-order valence-corrected chi connectivity index (χ1v) is 4.71. The Kier molecular flexibility index (Phi) is 2.95. The lowest BCUT2D eigenvalue weighted by Gasteiger charge is -2.04. The number of carbonyl (C=O) groups is 1. The van der Waals surface area contributed by atoms with Crippen molar-refractivity contribution < 1.29 is 13.9 Å². The minimum atomic E-state index is -0.637. The molecule has 0 spiro atoms. The van der Waals surface area contributed by atoms with E-state index in [2.05, 4.69) is 9.97 Å². The zero-order valence-electron chi connectivity index (χ0n) is 8.63. The Morgan fingerprint density at radius 2 is 1.88 bits per heavy atom. The van der Waals surface area contributed by atoms with Gasteiger partial charge in [0.15, 0.2) is 11.6 Å². The predicted octanol–water partition coefficient (Wildman–Crippen LogP) is 1.51. The van der Waals surface area contributed by atoms with Gasteiger partial charge < -0.3 is 10.5 Å². The molecule has 0 saturated carbocycles. The van der Waals surface area contributed by atoms with Gasteiger partial charge in [0.1, 0.15) is 0 Å². The van der Waals surface area contributed by atoms with Crippen LogP contribution in [0.5, 0.6) is 11.8 Å². The van der Waals surface area contributed by atoms with E-state index in [4.69, 9.17) is 10.5 Å². The maximum atomic E-state index is 13.2. The van der Waals surface area contributed by atoms with Crippen LogP contribution in [0.1, 0.15) is 10.4 Å². The number of ether oxygens (including phenoxy) is 1. The molecule has 17 heavy (non-hydrogen) atoms. The highest BCUT2D eigenvalue weighted by atomic mass is 19.1. The van der Waals surface area contributed by atoms with Gasteiger partial charge in [0.2, 0.25) is 0 Å². The molecule has 0 aliphatic heterocycles. The molecule has 5 nitrogen and oxygen atoms in total. The van der Waals surface area contributed by atoms with Gasteiger partial charge in [-0.25, -0.2) is 14.4 Å². The highest BCUT2D eigenvalue weighted by Gasteiger charge is 2.07.